The highest BCUT2D eigenvalue weighted by Crippen LogP contribution is 2.41. The number of hydrogen-bond acceptors (Lipinski definition) is 9. The van der Waals surface area contributed by atoms with Gasteiger partial charge in [0.1, 0.15) is 37.3 Å². The van der Waals surface area contributed by atoms with Gasteiger partial charge >= 0.3 is 5.97 Å². The third-order valence-corrected chi connectivity index (χ3v) is 11.4. The number of carbonyl (C=O) groups excluding carboxylic acids is 2. The number of amides is 2. The number of aryl methyl sites for hydroxylation is 1. The molecule has 300 valence electrons. The second-order valence-electron chi connectivity index (χ2n) is 14.5. The van der Waals surface area contributed by atoms with Crippen LogP contribution in [-0.4, -0.2) is 56.4 Å². The molecule has 2 N–H and O–H groups in total. The molecule has 4 aromatic carbocycles. The van der Waals surface area contributed by atoms with Crippen LogP contribution in [-0.2, 0) is 35.6 Å². The normalized spacial score (nSPS) is 16.2. The second kappa shape index (κ2) is 16.8. The van der Waals surface area contributed by atoms with Crippen LogP contribution >= 0.6 is 23.2 Å². The van der Waals surface area contributed by atoms with Crippen molar-refractivity contribution >= 4 is 41.0 Å². The Morgan fingerprint density at radius 1 is 0.915 bits per heavy atom. The van der Waals surface area contributed by atoms with E-state index < -0.39 is 36.0 Å². The minimum atomic E-state index is -1.26. The van der Waals surface area contributed by atoms with Gasteiger partial charge in [0.2, 0.25) is 5.91 Å². The second-order valence-corrected chi connectivity index (χ2v) is 15.3. The van der Waals surface area contributed by atoms with Gasteiger partial charge in [-0.25, -0.2) is 9.78 Å². The van der Waals surface area contributed by atoms with E-state index in [0.717, 1.165) is 56.6 Å². The fourth-order valence-corrected chi connectivity index (χ4v) is 7.60. The molecule has 59 heavy (non-hydrogen) atoms. The predicted octanol–water partition coefficient (Wildman–Crippen LogP) is 8.13. The summed E-state index contributed by atoms with van der Waals surface area (Å²) in [6, 6.07) is 23.7. The van der Waals surface area contributed by atoms with Crippen LogP contribution < -0.4 is 19.5 Å². The van der Waals surface area contributed by atoms with Gasteiger partial charge in [0.15, 0.2) is 29.7 Å². The first-order chi connectivity index (χ1) is 28.5. The van der Waals surface area contributed by atoms with E-state index in [1.807, 2.05) is 86.6 Å². The Labute approximate surface area is 349 Å². The predicted molar refractivity (Wildman–Crippen MR) is 219 cm³/mol. The number of hydrogen-bond donors (Lipinski definition) is 2. The van der Waals surface area contributed by atoms with Crippen molar-refractivity contribution in [3.8, 4) is 28.4 Å². The molecule has 0 unspecified atom stereocenters. The van der Waals surface area contributed by atoms with Crippen molar-refractivity contribution in [1.82, 2.24) is 20.2 Å². The molecule has 12 nitrogen and oxygen atoms in total. The van der Waals surface area contributed by atoms with E-state index in [1.165, 1.54) is 11.2 Å². The lowest BCUT2D eigenvalue weighted by molar-refractivity contribution is -0.142. The summed E-state index contributed by atoms with van der Waals surface area (Å²) in [5.41, 5.74) is 8.01. The van der Waals surface area contributed by atoms with Crippen LogP contribution in [0.3, 0.4) is 0 Å². The number of nitrogens with one attached hydrogen (secondary N) is 1. The molecule has 6 aromatic rings. The summed E-state index contributed by atoms with van der Waals surface area (Å²) in [4.78, 5) is 50.2. The number of aromatic nitrogens is 2. The summed E-state index contributed by atoms with van der Waals surface area (Å²) in [7, 11) is 0. The highest BCUT2D eigenvalue weighted by molar-refractivity contribution is 6.42. The van der Waals surface area contributed by atoms with E-state index >= 15 is 0 Å². The number of carboxylic acid groups (broad SMARTS) is 1. The number of carbonyl (C=O) groups is 3. The van der Waals surface area contributed by atoms with Crippen molar-refractivity contribution < 1.29 is 38.1 Å². The molecular weight excluding hydrogens is 795 g/mol. The van der Waals surface area contributed by atoms with Crippen molar-refractivity contribution in [2.24, 2.45) is 0 Å². The third kappa shape index (κ3) is 8.60. The number of pyridine rings is 1. The number of ether oxygens (including phenoxy) is 3. The monoisotopic (exact) mass is 832 g/mol. The lowest BCUT2D eigenvalue weighted by Gasteiger charge is -2.37. The molecule has 3 atom stereocenters. The van der Waals surface area contributed by atoms with Crippen molar-refractivity contribution in [1.29, 1.82) is 0 Å². The number of halogens is 2. The SMILES string of the molecule is Cc1nccc(-c2ccc(C[C@H](NC(=O)[C@@H]3Cc4cc5c(cc4CN3C(=O)c3cocn3)O[C@@H](c3ccc(OCc4ccc(Cl)c(Cl)c4)cc3)CO5)C(=O)O)cc2)c1C. The van der Waals surface area contributed by atoms with Gasteiger partial charge in [0.05, 0.1) is 10.0 Å². The number of carboxylic acids is 1. The van der Waals surface area contributed by atoms with E-state index in [-0.39, 0.29) is 31.7 Å². The molecule has 0 radical (unpaired) electrons. The Balaban J connectivity index is 0.970. The number of oxazole rings is 1. The fraction of sp³-hybridized carbons (Fsp3) is 0.222. The van der Waals surface area contributed by atoms with Crippen LogP contribution in [0.5, 0.6) is 17.2 Å². The molecule has 0 fully saturated rings. The molecule has 4 heterocycles. The van der Waals surface area contributed by atoms with Crippen LogP contribution in [0, 0.1) is 13.8 Å². The van der Waals surface area contributed by atoms with E-state index in [1.54, 1.807) is 18.3 Å². The van der Waals surface area contributed by atoms with E-state index in [9.17, 15) is 19.5 Å². The lowest BCUT2D eigenvalue weighted by Crippen LogP contribution is -2.56. The van der Waals surface area contributed by atoms with Gasteiger partial charge in [-0.2, -0.15) is 0 Å². The third-order valence-electron chi connectivity index (χ3n) is 10.7. The Kier molecular flexibility index (Phi) is 11.3. The Hall–Kier alpha value is -6.37. The number of aliphatic carboxylic acids is 1. The molecule has 2 aliphatic rings. The summed E-state index contributed by atoms with van der Waals surface area (Å²) in [5, 5.41) is 13.9. The maximum atomic E-state index is 14.1. The van der Waals surface area contributed by atoms with Crippen molar-refractivity contribution in [2.75, 3.05) is 6.61 Å². The molecule has 14 heteroatoms. The van der Waals surface area contributed by atoms with Gasteiger partial charge < -0.3 is 34.0 Å². The first-order valence-corrected chi connectivity index (χ1v) is 19.6. The quantitative estimate of drug-likeness (QED) is 0.131. The summed E-state index contributed by atoms with van der Waals surface area (Å²) in [5.74, 6) is -0.698. The average Bonchev–Trinajstić information content (AvgIpc) is 3.79. The highest BCUT2D eigenvalue weighted by atomic mass is 35.5. The summed E-state index contributed by atoms with van der Waals surface area (Å²) >= 11 is 12.2. The van der Waals surface area contributed by atoms with E-state index in [0.29, 0.717) is 33.9 Å². The molecule has 0 spiro atoms. The molecule has 2 aromatic heterocycles. The van der Waals surface area contributed by atoms with Gasteiger partial charge in [-0.1, -0.05) is 65.7 Å². The minimum Gasteiger partial charge on any atom is -0.489 e. The molecule has 0 bridgehead atoms. The van der Waals surface area contributed by atoms with E-state index in [2.05, 4.69) is 15.3 Å². The maximum Gasteiger partial charge on any atom is 0.326 e. The van der Waals surface area contributed by atoms with Gasteiger partial charge in [-0.05, 0) is 101 Å². The molecule has 8 rings (SSSR count). The van der Waals surface area contributed by atoms with Crippen LogP contribution in [0.1, 0.15) is 55.7 Å². The minimum absolute atomic E-state index is 0.0164. The smallest absolute Gasteiger partial charge is 0.326 e. The zero-order valence-corrected chi connectivity index (χ0v) is 33.5. The summed E-state index contributed by atoms with van der Waals surface area (Å²) < 4.78 is 23.6. The summed E-state index contributed by atoms with van der Waals surface area (Å²) in [6.45, 7) is 4.54. The zero-order valence-electron chi connectivity index (χ0n) is 32.0. The van der Waals surface area contributed by atoms with Crippen LogP contribution in [0.25, 0.3) is 11.1 Å². The Morgan fingerprint density at radius 2 is 1.68 bits per heavy atom. The highest BCUT2D eigenvalue weighted by Gasteiger charge is 2.39. The topological polar surface area (TPSA) is 153 Å². The van der Waals surface area contributed by atoms with Gasteiger partial charge in [0, 0.05) is 31.3 Å². The molecular formula is C45H38Cl2N4O8. The molecule has 0 aliphatic carbocycles. The Bertz CT molecular complexity index is 2530. The van der Waals surface area contributed by atoms with Crippen LogP contribution in [0.15, 0.2) is 108 Å². The number of rotatable bonds is 11. The summed E-state index contributed by atoms with van der Waals surface area (Å²) in [6.07, 6.45) is 3.81. The molecule has 2 aliphatic heterocycles. The van der Waals surface area contributed by atoms with Crippen LogP contribution in [0.4, 0.5) is 0 Å². The van der Waals surface area contributed by atoms with Crippen LogP contribution in [0.2, 0.25) is 10.0 Å². The number of benzene rings is 4. The first kappa shape index (κ1) is 39.5. The van der Waals surface area contributed by atoms with Crippen molar-refractivity contribution in [3.63, 3.8) is 0 Å². The van der Waals surface area contributed by atoms with Gasteiger partial charge in [0.25, 0.3) is 5.91 Å². The molecule has 0 saturated carbocycles. The number of fused-ring (bicyclic) bond motifs is 2. The van der Waals surface area contributed by atoms with E-state index in [4.69, 9.17) is 41.8 Å². The van der Waals surface area contributed by atoms with Gasteiger partial charge in [-0.3, -0.25) is 14.6 Å². The number of nitrogens with zero attached hydrogens (tertiary/aromatic N) is 3. The molecule has 0 saturated heterocycles. The van der Waals surface area contributed by atoms with Gasteiger partial charge in [-0.15, -0.1) is 0 Å². The average molecular weight is 834 g/mol. The van der Waals surface area contributed by atoms with Crippen molar-refractivity contribution in [2.45, 2.75) is 58.0 Å². The zero-order chi connectivity index (χ0) is 41.2. The maximum absolute atomic E-state index is 14.1. The largest absolute Gasteiger partial charge is 0.489 e. The molecule has 2 amide bonds. The first-order valence-electron chi connectivity index (χ1n) is 18.9. The lowest BCUT2D eigenvalue weighted by atomic mass is 9.91. The van der Waals surface area contributed by atoms with Crippen molar-refractivity contribution in [3.05, 3.63) is 159 Å². The standard InChI is InChI=1S/C45H38Cl2N4O8/c1-25-26(2)48-14-13-34(25)29-6-3-27(4-7-29)16-37(45(54)55)50-43(52)39-17-31-18-40-41(19-32(31)20-51(39)44(53)38-22-56-24-49-38)59-42(23-58-40)30-8-10-33(11-9-30)57-21-28-5-12-35(46)36(47)15-28/h3-15,18-19,22,24,37,39,42H,16-17,20-21,23H2,1-2H3,(H,50,52)(H,54,55)/t37-,39-,42+/m0/s1. The fourth-order valence-electron chi connectivity index (χ4n) is 7.28. The Morgan fingerprint density at radius 3 is 2.41 bits per heavy atom.